The van der Waals surface area contributed by atoms with E-state index in [0.717, 1.165) is 17.2 Å². The van der Waals surface area contributed by atoms with Gasteiger partial charge in [0.05, 0.1) is 6.61 Å². The van der Waals surface area contributed by atoms with Gasteiger partial charge in [0.1, 0.15) is 11.5 Å². The van der Waals surface area contributed by atoms with Crippen molar-refractivity contribution < 1.29 is 4.74 Å². The highest BCUT2D eigenvalue weighted by Crippen LogP contribution is 2.18. The van der Waals surface area contributed by atoms with Crippen molar-refractivity contribution in [1.29, 1.82) is 0 Å². The maximum atomic E-state index is 5.04. The van der Waals surface area contributed by atoms with Gasteiger partial charge in [0.25, 0.3) is 0 Å². The molecule has 0 N–H and O–H groups in total. The third-order valence-corrected chi connectivity index (χ3v) is 1.92. The van der Waals surface area contributed by atoms with Gasteiger partial charge in [-0.1, -0.05) is 0 Å². The lowest BCUT2D eigenvalue weighted by Crippen LogP contribution is -2.28. The fourth-order valence-electron chi connectivity index (χ4n) is 1.46. The van der Waals surface area contributed by atoms with Crippen LogP contribution in [0.4, 0.5) is 0 Å². The van der Waals surface area contributed by atoms with Crippen LogP contribution in [-0.2, 0) is 4.74 Å². The molecule has 1 rings (SSSR count). The van der Waals surface area contributed by atoms with E-state index in [4.69, 9.17) is 4.74 Å². The molecule has 1 aliphatic heterocycles. The molecular weight excluding hydrogens is 194 g/mol. The summed E-state index contributed by atoms with van der Waals surface area (Å²) in [5.74, 6) is 0.965. The first kappa shape index (κ1) is 11.6. The van der Waals surface area contributed by atoms with E-state index in [1.165, 1.54) is 0 Å². The minimum absolute atomic E-state index is 0.424. The van der Waals surface area contributed by atoms with E-state index in [1.54, 1.807) is 7.11 Å². The van der Waals surface area contributed by atoms with Crippen molar-refractivity contribution in [2.75, 3.05) is 41.9 Å². The third-order valence-electron chi connectivity index (χ3n) is 1.92. The minimum atomic E-state index is 0.424. The Bertz CT molecular complexity index is 306. The lowest BCUT2D eigenvalue weighted by atomic mass is 10.2. The maximum absolute atomic E-state index is 5.04. The summed E-state index contributed by atoms with van der Waals surface area (Å²) in [4.78, 5) is 3.95. The Hall–Kier alpha value is -1.43. The molecule has 6 heteroatoms. The van der Waals surface area contributed by atoms with Crippen LogP contribution in [0.2, 0.25) is 0 Å². The first-order chi connectivity index (χ1) is 7.07. The average molecular weight is 211 g/mol. The van der Waals surface area contributed by atoms with Crippen LogP contribution in [-0.4, -0.2) is 57.4 Å². The fourth-order valence-corrected chi connectivity index (χ4v) is 1.46. The highest BCUT2D eigenvalue weighted by Gasteiger charge is 2.20. The maximum Gasteiger partial charge on any atom is 0.154 e. The number of nitrogens with zero attached hydrogens (tertiary/aromatic N) is 5. The molecule has 0 aromatic rings. The van der Waals surface area contributed by atoms with Crippen molar-refractivity contribution in [1.82, 2.24) is 9.80 Å². The molecule has 0 aromatic heterocycles. The van der Waals surface area contributed by atoms with E-state index in [-0.39, 0.29) is 0 Å². The summed E-state index contributed by atoms with van der Waals surface area (Å²) >= 11 is 0. The van der Waals surface area contributed by atoms with Gasteiger partial charge in [0.15, 0.2) is 5.70 Å². The zero-order chi connectivity index (χ0) is 11.4. The summed E-state index contributed by atoms with van der Waals surface area (Å²) in [6.45, 7) is 0.424. The Morgan fingerprint density at radius 1 is 1.20 bits per heavy atom. The van der Waals surface area contributed by atoms with E-state index in [1.807, 2.05) is 38.0 Å². The van der Waals surface area contributed by atoms with Crippen LogP contribution in [0.25, 0.3) is 0 Å². The van der Waals surface area contributed by atoms with E-state index in [2.05, 4.69) is 15.4 Å². The molecular formula is C9H17N5O. The zero-order valence-corrected chi connectivity index (χ0v) is 9.85. The van der Waals surface area contributed by atoms with E-state index < -0.39 is 0 Å². The second-order valence-electron chi connectivity index (χ2n) is 3.63. The Balaban J connectivity index is 3.05. The van der Waals surface area contributed by atoms with E-state index in [9.17, 15) is 0 Å². The summed E-state index contributed by atoms with van der Waals surface area (Å²) in [5, 5.41) is 11.6. The molecule has 0 spiro atoms. The van der Waals surface area contributed by atoms with Crippen molar-refractivity contribution in [2.45, 2.75) is 0 Å². The van der Waals surface area contributed by atoms with Crippen molar-refractivity contribution in [2.24, 2.45) is 15.4 Å². The summed E-state index contributed by atoms with van der Waals surface area (Å²) in [7, 11) is 9.46. The second kappa shape index (κ2) is 4.88. The lowest BCUT2D eigenvalue weighted by molar-refractivity contribution is 0.245. The number of ether oxygens (including phenoxy) is 1. The van der Waals surface area contributed by atoms with Crippen LogP contribution < -0.4 is 0 Å². The molecule has 0 fully saturated rings. The molecule has 0 saturated carbocycles. The van der Waals surface area contributed by atoms with E-state index >= 15 is 0 Å². The quantitative estimate of drug-likeness (QED) is 0.689. The molecule has 0 unspecified atom stereocenters. The Labute approximate surface area is 89.9 Å². The number of hydrogen-bond acceptors (Lipinski definition) is 6. The van der Waals surface area contributed by atoms with Crippen LogP contribution in [0, 0.1) is 0 Å². The highest BCUT2D eigenvalue weighted by molar-refractivity contribution is 6.02. The minimum Gasteiger partial charge on any atom is -0.378 e. The van der Waals surface area contributed by atoms with Gasteiger partial charge >= 0.3 is 0 Å². The highest BCUT2D eigenvalue weighted by atomic mass is 16.5. The summed E-state index contributed by atoms with van der Waals surface area (Å²) in [6.07, 6.45) is 0. The van der Waals surface area contributed by atoms with Gasteiger partial charge in [-0.15, -0.1) is 10.2 Å². The number of hydrogen-bond donors (Lipinski definition) is 0. The molecule has 0 amide bonds. The van der Waals surface area contributed by atoms with Crippen molar-refractivity contribution in [3.8, 4) is 0 Å². The Morgan fingerprint density at radius 2 is 1.80 bits per heavy atom. The van der Waals surface area contributed by atoms with Crippen molar-refractivity contribution in [3.63, 3.8) is 0 Å². The van der Waals surface area contributed by atoms with Crippen LogP contribution >= 0.6 is 0 Å². The van der Waals surface area contributed by atoms with Crippen molar-refractivity contribution >= 4 is 5.71 Å². The standard InChI is InChI=1S/C9H17N5O/c1-13(2)9(14(3)4)8-7(6-15-5)10-12-11-8/h6H2,1-5H3. The summed E-state index contributed by atoms with van der Waals surface area (Å²) in [5.41, 5.74) is 1.53. The fraction of sp³-hybridized carbons (Fsp3) is 0.667. The molecule has 0 bridgehead atoms. The molecule has 0 saturated heterocycles. The molecule has 1 aliphatic rings. The molecule has 0 aromatic carbocycles. The first-order valence-corrected chi connectivity index (χ1v) is 4.63. The van der Waals surface area contributed by atoms with E-state index in [0.29, 0.717) is 6.61 Å². The Kier molecular flexibility index (Phi) is 3.79. The summed E-state index contributed by atoms with van der Waals surface area (Å²) < 4.78 is 5.04. The number of rotatable bonds is 4. The van der Waals surface area contributed by atoms with Gasteiger partial charge in [-0.3, -0.25) is 0 Å². The van der Waals surface area contributed by atoms with Crippen LogP contribution in [0.3, 0.4) is 0 Å². The second-order valence-corrected chi connectivity index (χ2v) is 3.63. The van der Waals surface area contributed by atoms with Gasteiger partial charge in [0, 0.05) is 35.3 Å². The summed E-state index contributed by atoms with van der Waals surface area (Å²) in [6, 6.07) is 0. The molecule has 0 aliphatic carbocycles. The van der Waals surface area contributed by atoms with Gasteiger partial charge in [-0.2, -0.15) is 0 Å². The molecule has 6 nitrogen and oxygen atoms in total. The largest absolute Gasteiger partial charge is 0.378 e. The Morgan fingerprint density at radius 3 is 2.27 bits per heavy atom. The molecule has 0 radical (unpaired) electrons. The normalized spacial score (nSPS) is 14.2. The van der Waals surface area contributed by atoms with Gasteiger partial charge in [-0.05, 0) is 5.22 Å². The van der Waals surface area contributed by atoms with Crippen molar-refractivity contribution in [3.05, 3.63) is 11.5 Å². The van der Waals surface area contributed by atoms with Crippen LogP contribution in [0.5, 0.6) is 0 Å². The lowest BCUT2D eigenvalue weighted by Gasteiger charge is -2.25. The van der Waals surface area contributed by atoms with Gasteiger partial charge < -0.3 is 14.5 Å². The van der Waals surface area contributed by atoms with Crippen LogP contribution in [0.15, 0.2) is 27.0 Å². The topological polar surface area (TPSA) is 52.8 Å². The van der Waals surface area contributed by atoms with Crippen LogP contribution in [0.1, 0.15) is 0 Å². The predicted molar refractivity (Wildman–Crippen MR) is 58.6 cm³/mol. The molecule has 84 valence electrons. The SMILES string of the molecule is COCC1=NN=NC1=C(N(C)C)N(C)C. The first-order valence-electron chi connectivity index (χ1n) is 4.63. The predicted octanol–water partition coefficient (Wildman–Crippen LogP) is 0.747. The third kappa shape index (κ3) is 2.53. The smallest absolute Gasteiger partial charge is 0.154 e. The number of methoxy groups -OCH3 is 1. The van der Waals surface area contributed by atoms with Gasteiger partial charge in [-0.25, -0.2) is 0 Å². The van der Waals surface area contributed by atoms with Gasteiger partial charge in [0.2, 0.25) is 0 Å². The monoisotopic (exact) mass is 211 g/mol. The average Bonchev–Trinajstić information content (AvgIpc) is 2.53. The molecule has 0 atom stereocenters. The molecule has 1 heterocycles. The zero-order valence-electron chi connectivity index (χ0n) is 9.85. The molecule has 15 heavy (non-hydrogen) atoms.